The summed E-state index contributed by atoms with van der Waals surface area (Å²) in [5.41, 5.74) is 1.23. The Labute approximate surface area is 114 Å². The largest absolute Gasteiger partial charge is 0.493 e. The Hall–Kier alpha value is -1.18. The summed E-state index contributed by atoms with van der Waals surface area (Å²) < 4.78 is 12.0. The van der Waals surface area contributed by atoms with Crippen LogP contribution in [0.5, 0.6) is 11.5 Å². The Morgan fingerprint density at radius 2 is 1.84 bits per heavy atom. The lowest BCUT2D eigenvalue weighted by molar-refractivity contribution is 0.219. The fourth-order valence-electron chi connectivity index (χ4n) is 3.84. The molecule has 0 radical (unpaired) electrons. The summed E-state index contributed by atoms with van der Waals surface area (Å²) in [6.07, 6.45) is 1.96. The van der Waals surface area contributed by atoms with Crippen molar-refractivity contribution in [3.8, 4) is 11.5 Å². The molecule has 0 N–H and O–H groups in total. The van der Waals surface area contributed by atoms with Crippen molar-refractivity contribution in [2.24, 2.45) is 35.5 Å². The minimum Gasteiger partial charge on any atom is -0.493 e. The molecular weight excluding hydrogens is 236 g/mol. The number of fused-ring (bicyclic) bond motifs is 2. The molecule has 4 aliphatic rings. The molecule has 4 fully saturated rings. The first-order valence-corrected chi connectivity index (χ1v) is 7.63. The first kappa shape index (κ1) is 10.6. The Balaban J connectivity index is 1.24. The SMILES string of the molecule is Cc1cc(OCC2C3CC23)cc(OC2C3C(C)C23)c1. The third-order valence-corrected chi connectivity index (χ3v) is 5.72. The Morgan fingerprint density at radius 1 is 1.11 bits per heavy atom. The van der Waals surface area contributed by atoms with Gasteiger partial charge in [-0.2, -0.15) is 0 Å². The second-order valence-electron chi connectivity index (χ2n) is 7.12. The van der Waals surface area contributed by atoms with E-state index in [-0.39, 0.29) is 0 Å². The highest BCUT2D eigenvalue weighted by Gasteiger charge is 2.73. The second-order valence-corrected chi connectivity index (χ2v) is 7.12. The molecule has 4 saturated carbocycles. The smallest absolute Gasteiger partial charge is 0.123 e. The van der Waals surface area contributed by atoms with Gasteiger partial charge in [0.2, 0.25) is 0 Å². The van der Waals surface area contributed by atoms with Gasteiger partial charge in [0.15, 0.2) is 0 Å². The van der Waals surface area contributed by atoms with Crippen LogP contribution in [-0.4, -0.2) is 12.7 Å². The molecule has 0 bridgehead atoms. The zero-order valence-corrected chi connectivity index (χ0v) is 11.5. The standard InChI is InChI=1S/C17H20O2/c1-8-3-10(18-7-14-12-6-13(12)14)5-11(4-8)19-17-15-9(2)16(15)17/h3-5,9,12-17H,6-7H2,1-2H3. The lowest BCUT2D eigenvalue weighted by Crippen LogP contribution is -2.12. The molecule has 1 aromatic carbocycles. The lowest BCUT2D eigenvalue weighted by atomic mass is 10.2. The van der Waals surface area contributed by atoms with Crippen LogP contribution in [0.15, 0.2) is 18.2 Å². The van der Waals surface area contributed by atoms with Gasteiger partial charge in [-0.25, -0.2) is 0 Å². The van der Waals surface area contributed by atoms with Crippen LogP contribution in [0.25, 0.3) is 0 Å². The normalized spacial score (nSPS) is 46.9. The van der Waals surface area contributed by atoms with E-state index in [1.165, 1.54) is 12.0 Å². The lowest BCUT2D eigenvalue weighted by Gasteiger charge is -2.14. The Kier molecular flexibility index (Phi) is 1.83. The minimum absolute atomic E-state index is 0.501. The van der Waals surface area contributed by atoms with Gasteiger partial charge in [0.1, 0.15) is 17.6 Å². The van der Waals surface area contributed by atoms with E-state index in [0.29, 0.717) is 6.10 Å². The molecule has 0 saturated heterocycles. The number of rotatable bonds is 5. The average Bonchev–Trinajstić information content (AvgIpc) is 3.18. The summed E-state index contributed by atoms with van der Waals surface area (Å²) in [6, 6.07) is 6.32. The van der Waals surface area contributed by atoms with Gasteiger partial charge in [-0.3, -0.25) is 0 Å². The van der Waals surface area contributed by atoms with Gasteiger partial charge in [0.05, 0.1) is 6.61 Å². The van der Waals surface area contributed by atoms with Crippen LogP contribution in [0.4, 0.5) is 0 Å². The van der Waals surface area contributed by atoms with Crippen molar-refractivity contribution in [1.29, 1.82) is 0 Å². The van der Waals surface area contributed by atoms with E-state index in [1.807, 2.05) is 0 Å². The molecule has 0 aromatic heterocycles. The highest BCUT2D eigenvalue weighted by molar-refractivity contribution is 5.39. The summed E-state index contributed by atoms with van der Waals surface area (Å²) in [5.74, 6) is 7.49. The summed E-state index contributed by atoms with van der Waals surface area (Å²) in [4.78, 5) is 0. The maximum atomic E-state index is 6.05. The van der Waals surface area contributed by atoms with E-state index < -0.39 is 0 Å². The number of hydrogen-bond acceptors (Lipinski definition) is 2. The van der Waals surface area contributed by atoms with Gasteiger partial charge in [-0.05, 0) is 54.7 Å². The predicted octanol–water partition coefficient (Wildman–Crippen LogP) is 3.28. The van der Waals surface area contributed by atoms with Crippen LogP contribution in [0.1, 0.15) is 18.9 Å². The molecule has 4 atom stereocenters. The number of hydrogen-bond donors (Lipinski definition) is 0. The highest BCUT2D eigenvalue weighted by Crippen LogP contribution is 2.69. The number of aryl methyl sites for hydroxylation is 1. The van der Waals surface area contributed by atoms with Gasteiger partial charge in [-0.15, -0.1) is 0 Å². The van der Waals surface area contributed by atoms with Crippen LogP contribution in [-0.2, 0) is 0 Å². The molecule has 1 aromatic rings. The fraction of sp³-hybridized carbons (Fsp3) is 0.647. The van der Waals surface area contributed by atoms with Gasteiger partial charge in [0, 0.05) is 17.9 Å². The molecule has 0 amide bonds. The maximum absolute atomic E-state index is 6.05. The summed E-state index contributed by atoms with van der Waals surface area (Å²) >= 11 is 0. The number of ether oxygens (including phenoxy) is 2. The summed E-state index contributed by atoms with van der Waals surface area (Å²) in [6.45, 7) is 5.34. The zero-order chi connectivity index (χ0) is 12.7. The molecule has 4 aliphatic carbocycles. The van der Waals surface area contributed by atoms with Crippen molar-refractivity contribution in [3.05, 3.63) is 23.8 Å². The van der Waals surface area contributed by atoms with Crippen molar-refractivity contribution in [3.63, 3.8) is 0 Å². The van der Waals surface area contributed by atoms with Crippen LogP contribution in [0.2, 0.25) is 0 Å². The maximum Gasteiger partial charge on any atom is 0.123 e. The summed E-state index contributed by atoms with van der Waals surface area (Å²) in [7, 11) is 0. The van der Waals surface area contributed by atoms with Crippen molar-refractivity contribution in [2.75, 3.05) is 6.61 Å². The van der Waals surface area contributed by atoms with E-state index in [1.54, 1.807) is 0 Å². The van der Waals surface area contributed by atoms with Crippen molar-refractivity contribution in [1.82, 2.24) is 0 Å². The molecular formula is C17H20O2. The fourth-order valence-corrected chi connectivity index (χ4v) is 3.84. The van der Waals surface area contributed by atoms with Gasteiger partial charge >= 0.3 is 0 Å². The quantitative estimate of drug-likeness (QED) is 0.805. The monoisotopic (exact) mass is 256 g/mol. The van der Waals surface area contributed by atoms with Crippen molar-refractivity contribution < 1.29 is 9.47 Å². The van der Waals surface area contributed by atoms with Crippen LogP contribution >= 0.6 is 0 Å². The van der Waals surface area contributed by atoms with E-state index in [2.05, 4.69) is 32.0 Å². The molecule has 100 valence electrons. The molecule has 4 unspecified atom stereocenters. The third-order valence-electron chi connectivity index (χ3n) is 5.72. The molecule has 5 rings (SSSR count). The first-order valence-electron chi connectivity index (χ1n) is 7.63. The Morgan fingerprint density at radius 3 is 2.47 bits per heavy atom. The van der Waals surface area contributed by atoms with Gasteiger partial charge in [0.25, 0.3) is 0 Å². The third kappa shape index (κ3) is 1.62. The molecule has 0 spiro atoms. The van der Waals surface area contributed by atoms with Crippen molar-refractivity contribution in [2.45, 2.75) is 26.4 Å². The summed E-state index contributed by atoms with van der Waals surface area (Å²) in [5, 5.41) is 0. The van der Waals surface area contributed by atoms with E-state index >= 15 is 0 Å². The van der Waals surface area contributed by atoms with Crippen LogP contribution in [0, 0.1) is 42.4 Å². The van der Waals surface area contributed by atoms with E-state index in [9.17, 15) is 0 Å². The van der Waals surface area contributed by atoms with Crippen molar-refractivity contribution >= 4 is 0 Å². The van der Waals surface area contributed by atoms with Crippen LogP contribution in [0.3, 0.4) is 0 Å². The van der Waals surface area contributed by atoms with E-state index in [0.717, 1.165) is 53.6 Å². The van der Waals surface area contributed by atoms with Crippen LogP contribution < -0.4 is 9.47 Å². The molecule has 2 heteroatoms. The molecule has 2 nitrogen and oxygen atoms in total. The molecule has 0 aliphatic heterocycles. The highest BCUT2D eigenvalue weighted by atomic mass is 16.5. The predicted molar refractivity (Wildman–Crippen MR) is 72.3 cm³/mol. The van der Waals surface area contributed by atoms with E-state index in [4.69, 9.17) is 9.47 Å². The molecule has 19 heavy (non-hydrogen) atoms. The average molecular weight is 256 g/mol. The van der Waals surface area contributed by atoms with Gasteiger partial charge in [-0.1, -0.05) is 6.92 Å². The zero-order valence-electron chi connectivity index (χ0n) is 11.5. The van der Waals surface area contributed by atoms with Gasteiger partial charge < -0.3 is 9.47 Å². The minimum atomic E-state index is 0.501. The topological polar surface area (TPSA) is 18.5 Å². The molecule has 0 heterocycles. The Bertz CT molecular complexity index is 534. The first-order chi connectivity index (χ1) is 9.22. The number of benzene rings is 1. The second kappa shape index (κ2) is 3.28.